The van der Waals surface area contributed by atoms with E-state index in [2.05, 4.69) is 4.74 Å². The maximum Gasteiger partial charge on any atom is 0.337 e. The first-order chi connectivity index (χ1) is 10.8. The molecule has 1 amide bonds. The molecule has 0 aliphatic carbocycles. The van der Waals surface area contributed by atoms with Crippen molar-refractivity contribution in [2.24, 2.45) is 0 Å². The van der Waals surface area contributed by atoms with E-state index < -0.39 is 23.9 Å². The SMILES string of the molecule is COC(=O)c1ccc(/C=C2/SC(=S)N([C@@H](C)C(=O)O)C2=O)cc1. The summed E-state index contributed by atoms with van der Waals surface area (Å²) in [5.41, 5.74) is 1.10. The molecule has 23 heavy (non-hydrogen) atoms. The van der Waals surface area contributed by atoms with Gasteiger partial charge in [-0.25, -0.2) is 9.59 Å². The summed E-state index contributed by atoms with van der Waals surface area (Å²) in [6.45, 7) is 1.40. The molecule has 1 aromatic carbocycles. The fourth-order valence-corrected chi connectivity index (χ4v) is 3.33. The summed E-state index contributed by atoms with van der Waals surface area (Å²) in [6, 6.07) is 5.48. The van der Waals surface area contributed by atoms with Crippen LogP contribution in [0.15, 0.2) is 29.2 Å². The van der Waals surface area contributed by atoms with E-state index in [1.165, 1.54) is 14.0 Å². The monoisotopic (exact) mass is 351 g/mol. The summed E-state index contributed by atoms with van der Waals surface area (Å²) in [5, 5.41) is 9.03. The van der Waals surface area contributed by atoms with Crippen LogP contribution in [0, 0.1) is 0 Å². The largest absolute Gasteiger partial charge is 0.480 e. The molecule has 1 saturated heterocycles. The Morgan fingerprint density at radius 3 is 2.48 bits per heavy atom. The summed E-state index contributed by atoms with van der Waals surface area (Å²) in [5.74, 6) is -2.00. The number of esters is 1. The Morgan fingerprint density at radius 2 is 1.96 bits per heavy atom. The normalized spacial score (nSPS) is 17.5. The molecule has 1 aliphatic heterocycles. The molecule has 1 aromatic rings. The zero-order valence-corrected chi connectivity index (χ0v) is 13.9. The number of carbonyl (C=O) groups is 3. The van der Waals surface area contributed by atoms with Crippen LogP contribution in [0.4, 0.5) is 0 Å². The van der Waals surface area contributed by atoms with Crippen molar-refractivity contribution in [3.8, 4) is 0 Å². The summed E-state index contributed by atoms with van der Waals surface area (Å²) >= 11 is 6.13. The minimum absolute atomic E-state index is 0.210. The molecular weight excluding hydrogens is 338 g/mol. The quantitative estimate of drug-likeness (QED) is 0.505. The number of thiocarbonyl (C=S) groups is 1. The van der Waals surface area contributed by atoms with Crippen LogP contribution in [-0.4, -0.2) is 45.3 Å². The molecule has 0 spiro atoms. The highest BCUT2D eigenvalue weighted by atomic mass is 32.2. The van der Waals surface area contributed by atoms with Crippen molar-refractivity contribution < 1.29 is 24.2 Å². The van der Waals surface area contributed by atoms with Gasteiger partial charge in [0.25, 0.3) is 5.91 Å². The molecule has 1 heterocycles. The van der Waals surface area contributed by atoms with Crippen LogP contribution in [0.3, 0.4) is 0 Å². The lowest BCUT2D eigenvalue weighted by molar-refractivity contribution is -0.144. The number of carboxylic acid groups (broad SMARTS) is 1. The Labute approximate surface area is 142 Å². The van der Waals surface area contributed by atoms with Gasteiger partial charge in [-0.1, -0.05) is 36.1 Å². The fourth-order valence-electron chi connectivity index (χ4n) is 1.91. The molecule has 0 aromatic heterocycles. The van der Waals surface area contributed by atoms with E-state index in [1.807, 2.05) is 0 Å². The lowest BCUT2D eigenvalue weighted by atomic mass is 10.1. The summed E-state index contributed by atoms with van der Waals surface area (Å²) < 4.78 is 4.82. The van der Waals surface area contributed by atoms with Gasteiger partial charge in [0.05, 0.1) is 17.6 Å². The number of amides is 1. The first-order valence-corrected chi connectivity index (χ1v) is 7.76. The number of methoxy groups -OCH3 is 1. The molecule has 1 atom stereocenters. The third-order valence-corrected chi connectivity index (χ3v) is 4.53. The van der Waals surface area contributed by atoms with E-state index >= 15 is 0 Å². The highest BCUT2D eigenvalue weighted by Crippen LogP contribution is 2.33. The van der Waals surface area contributed by atoms with Crippen molar-refractivity contribution in [3.05, 3.63) is 40.3 Å². The molecule has 6 nitrogen and oxygen atoms in total. The van der Waals surface area contributed by atoms with Gasteiger partial charge in [-0.2, -0.15) is 0 Å². The van der Waals surface area contributed by atoms with E-state index in [9.17, 15) is 14.4 Å². The van der Waals surface area contributed by atoms with E-state index in [4.69, 9.17) is 17.3 Å². The second-order valence-corrected chi connectivity index (χ2v) is 6.36. The number of ether oxygens (including phenoxy) is 1. The standard InChI is InChI=1S/C15H13NO5S2/c1-8(13(18)19)16-12(17)11(23-15(16)22)7-9-3-5-10(6-4-9)14(20)21-2/h3-8H,1-2H3,(H,18,19)/b11-7+/t8-/m0/s1. The zero-order valence-electron chi connectivity index (χ0n) is 12.3. The van der Waals surface area contributed by atoms with E-state index in [0.29, 0.717) is 16.0 Å². The van der Waals surface area contributed by atoms with Gasteiger partial charge >= 0.3 is 11.9 Å². The summed E-state index contributed by atoms with van der Waals surface area (Å²) in [7, 11) is 1.30. The predicted molar refractivity (Wildman–Crippen MR) is 89.9 cm³/mol. The van der Waals surface area contributed by atoms with E-state index in [1.54, 1.807) is 30.3 Å². The highest BCUT2D eigenvalue weighted by Gasteiger charge is 2.38. The maximum atomic E-state index is 12.3. The van der Waals surface area contributed by atoms with Gasteiger partial charge in [-0.3, -0.25) is 9.69 Å². The minimum Gasteiger partial charge on any atom is -0.480 e. The van der Waals surface area contributed by atoms with Crippen LogP contribution in [0.1, 0.15) is 22.8 Å². The molecule has 0 saturated carbocycles. The van der Waals surface area contributed by atoms with Crippen molar-refractivity contribution in [1.29, 1.82) is 0 Å². The Kier molecular flexibility index (Phi) is 5.17. The number of carbonyl (C=O) groups excluding carboxylic acids is 2. The average molecular weight is 351 g/mol. The first-order valence-electron chi connectivity index (χ1n) is 6.53. The van der Waals surface area contributed by atoms with Crippen LogP contribution in [0.25, 0.3) is 6.08 Å². The van der Waals surface area contributed by atoms with Gasteiger partial charge in [-0.15, -0.1) is 0 Å². The number of benzene rings is 1. The molecule has 8 heteroatoms. The van der Waals surface area contributed by atoms with Gasteiger partial charge in [0, 0.05) is 0 Å². The van der Waals surface area contributed by atoms with Gasteiger partial charge in [-0.05, 0) is 30.7 Å². The molecule has 2 rings (SSSR count). The lowest BCUT2D eigenvalue weighted by Gasteiger charge is -2.18. The Bertz CT molecular complexity index is 711. The van der Waals surface area contributed by atoms with Crippen LogP contribution in [0.5, 0.6) is 0 Å². The van der Waals surface area contributed by atoms with Crippen molar-refractivity contribution in [2.45, 2.75) is 13.0 Å². The third kappa shape index (κ3) is 3.59. The molecule has 120 valence electrons. The number of nitrogens with zero attached hydrogens (tertiary/aromatic N) is 1. The summed E-state index contributed by atoms with van der Waals surface area (Å²) in [4.78, 5) is 36.1. The van der Waals surface area contributed by atoms with Crippen LogP contribution in [-0.2, 0) is 14.3 Å². The van der Waals surface area contributed by atoms with Gasteiger partial charge < -0.3 is 9.84 Å². The topological polar surface area (TPSA) is 83.9 Å². The van der Waals surface area contributed by atoms with Crippen molar-refractivity contribution in [1.82, 2.24) is 4.90 Å². The van der Waals surface area contributed by atoms with Crippen molar-refractivity contribution >= 4 is 52.2 Å². The number of aliphatic carboxylic acids is 1. The van der Waals surface area contributed by atoms with Gasteiger partial charge in [0.2, 0.25) is 0 Å². The summed E-state index contributed by atoms with van der Waals surface area (Å²) in [6.07, 6.45) is 1.61. The van der Waals surface area contributed by atoms with Gasteiger partial charge in [0.1, 0.15) is 10.4 Å². The van der Waals surface area contributed by atoms with E-state index in [0.717, 1.165) is 16.7 Å². The van der Waals surface area contributed by atoms with Gasteiger partial charge in [0.15, 0.2) is 0 Å². The highest BCUT2D eigenvalue weighted by molar-refractivity contribution is 8.26. The number of hydrogen-bond donors (Lipinski definition) is 1. The number of thioether (sulfide) groups is 1. The molecule has 0 bridgehead atoms. The molecule has 1 fully saturated rings. The minimum atomic E-state index is -1.12. The Balaban J connectivity index is 2.24. The molecule has 0 unspecified atom stereocenters. The second kappa shape index (κ2) is 6.93. The Morgan fingerprint density at radius 1 is 1.35 bits per heavy atom. The van der Waals surface area contributed by atoms with Crippen molar-refractivity contribution in [2.75, 3.05) is 7.11 Å². The number of rotatable bonds is 4. The molecular formula is C15H13NO5S2. The lowest BCUT2D eigenvalue weighted by Crippen LogP contribution is -2.41. The molecule has 1 N–H and O–H groups in total. The third-order valence-electron chi connectivity index (χ3n) is 3.20. The smallest absolute Gasteiger partial charge is 0.337 e. The Hall–Kier alpha value is -2.19. The predicted octanol–water partition coefficient (Wildman–Crippen LogP) is 2.15. The molecule has 1 aliphatic rings. The zero-order chi connectivity index (χ0) is 17.1. The van der Waals surface area contributed by atoms with E-state index in [-0.39, 0.29) is 4.32 Å². The van der Waals surface area contributed by atoms with Crippen LogP contribution < -0.4 is 0 Å². The number of carboxylic acids is 1. The van der Waals surface area contributed by atoms with Crippen LogP contribution >= 0.6 is 24.0 Å². The fraction of sp³-hybridized carbons (Fsp3) is 0.200. The second-order valence-electron chi connectivity index (χ2n) is 4.68. The first kappa shape index (κ1) is 17.2. The maximum absolute atomic E-state index is 12.3. The molecule has 0 radical (unpaired) electrons. The average Bonchev–Trinajstić information content (AvgIpc) is 2.80. The van der Waals surface area contributed by atoms with Crippen LogP contribution in [0.2, 0.25) is 0 Å². The number of hydrogen-bond acceptors (Lipinski definition) is 6. The van der Waals surface area contributed by atoms with Crippen molar-refractivity contribution in [3.63, 3.8) is 0 Å².